The van der Waals surface area contributed by atoms with Crippen molar-refractivity contribution in [1.29, 1.82) is 0 Å². The van der Waals surface area contributed by atoms with Crippen molar-refractivity contribution < 1.29 is 10.0 Å². The van der Waals surface area contributed by atoms with Crippen molar-refractivity contribution in [2.75, 3.05) is 0 Å². The maximum atomic E-state index is 10.7. The van der Waals surface area contributed by atoms with Gasteiger partial charge >= 0.3 is 0 Å². The van der Waals surface area contributed by atoms with Crippen LogP contribution in [0.4, 0.5) is 0 Å². The van der Waals surface area contributed by atoms with Gasteiger partial charge in [-0.15, -0.1) is 0 Å². The average Bonchev–Trinajstić information content (AvgIpc) is 2.30. The number of aldehydes is 1. The van der Waals surface area contributed by atoms with Crippen molar-refractivity contribution in [3.05, 3.63) is 48.0 Å². The lowest BCUT2D eigenvalue weighted by molar-refractivity contribution is -0.111. The summed E-state index contributed by atoms with van der Waals surface area (Å²) in [6.07, 6.45) is 0.671. The van der Waals surface area contributed by atoms with Crippen LogP contribution in [-0.4, -0.2) is 11.5 Å². The van der Waals surface area contributed by atoms with E-state index < -0.39 is 6.04 Å². The van der Waals surface area contributed by atoms with E-state index in [4.69, 9.17) is 5.21 Å². The molecule has 0 heterocycles. The number of nitrogens with one attached hydrogen (secondary N) is 1. The molecule has 2 rings (SSSR count). The Bertz CT molecular complexity index is 482. The van der Waals surface area contributed by atoms with Gasteiger partial charge in [-0.3, -0.25) is 0 Å². The van der Waals surface area contributed by atoms with E-state index >= 15 is 0 Å². The summed E-state index contributed by atoms with van der Waals surface area (Å²) in [7, 11) is 0. The first-order valence-corrected chi connectivity index (χ1v) is 4.69. The predicted octanol–water partition coefficient (Wildman–Crippen LogP) is 2.06. The molecule has 0 saturated carbocycles. The smallest absolute Gasteiger partial charge is 0.143 e. The summed E-state index contributed by atoms with van der Waals surface area (Å²) in [5, 5.41) is 10.9. The lowest BCUT2D eigenvalue weighted by Crippen LogP contribution is -2.17. The first-order chi connectivity index (χ1) is 7.35. The van der Waals surface area contributed by atoms with Crippen LogP contribution in [0, 0.1) is 0 Å². The van der Waals surface area contributed by atoms with Crippen molar-refractivity contribution >= 4 is 17.1 Å². The highest BCUT2D eigenvalue weighted by atomic mass is 16.5. The number of benzene rings is 2. The van der Waals surface area contributed by atoms with Crippen LogP contribution in [-0.2, 0) is 4.79 Å². The molecule has 0 bridgehead atoms. The third-order valence-corrected chi connectivity index (χ3v) is 2.41. The van der Waals surface area contributed by atoms with Gasteiger partial charge in [0.05, 0.1) is 0 Å². The van der Waals surface area contributed by atoms with Crippen LogP contribution in [0.25, 0.3) is 10.8 Å². The van der Waals surface area contributed by atoms with Crippen molar-refractivity contribution in [3.63, 3.8) is 0 Å². The number of carbonyl (C=O) groups is 1. The standard InChI is InChI=1S/C12H11NO2/c14-8-12(13-15)11-6-5-9-3-1-2-4-10(9)7-11/h1-8,12-13,15H. The third-order valence-electron chi connectivity index (χ3n) is 2.41. The lowest BCUT2D eigenvalue weighted by atomic mass is 10.0. The van der Waals surface area contributed by atoms with E-state index in [1.165, 1.54) is 0 Å². The minimum absolute atomic E-state index is 0.658. The molecule has 15 heavy (non-hydrogen) atoms. The Morgan fingerprint density at radius 3 is 2.53 bits per heavy atom. The zero-order chi connectivity index (χ0) is 10.7. The second-order valence-corrected chi connectivity index (χ2v) is 3.35. The van der Waals surface area contributed by atoms with E-state index in [2.05, 4.69) is 0 Å². The molecule has 0 saturated heterocycles. The molecule has 2 N–H and O–H groups in total. The van der Waals surface area contributed by atoms with Crippen LogP contribution in [0.5, 0.6) is 0 Å². The van der Waals surface area contributed by atoms with Gasteiger partial charge in [0.1, 0.15) is 12.3 Å². The summed E-state index contributed by atoms with van der Waals surface area (Å²) in [6, 6.07) is 12.9. The molecule has 1 atom stereocenters. The van der Waals surface area contributed by atoms with Gasteiger partial charge in [0.2, 0.25) is 0 Å². The molecule has 0 fully saturated rings. The van der Waals surface area contributed by atoms with Gasteiger partial charge in [-0.2, -0.15) is 5.48 Å². The molecular weight excluding hydrogens is 190 g/mol. The molecule has 3 nitrogen and oxygen atoms in total. The minimum atomic E-state index is -0.658. The lowest BCUT2D eigenvalue weighted by Gasteiger charge is -2.08. The summed E-state index contributed by atoms with van der Waals surface area (Å²) >= 11 is 0. The van der Waals surface area contributed by atoms with Crippen LogP contribution in [0.3, 0.4) is 0 Å². The largest absolute Gasteiger partial charge is 0.316 e. The van der Waals surface area contributed by atoms with Crippen LogP contribution in [0.2, 0.25) is 0 Å². The zero-order valence-corrected chi connectivity index (χ0v) is 8.05. The molecule has 1 unspecified atom stereocenters. The summed E-state index contributed by atoms with van der Waals surface area (Å²) < 4.78 is 0. The molecule has 0 spiro atoms. The molecule has 2 aromatic carbocycles. The van der Waals surface area contributed by atoms with Gasteiger partial charge in [-0.25, -0.2) is 0 Å². The molecule has 0 amide bonds. The second kappa shape index (κ2) is 4.21. The highest BCUT2D eigenvalue weighted by Gasteiger charge is 2.08. The number of hydrogen-bond acceptors (Lipinski definition) is 3. The van der Waals surface area contributed by atoms with Gasteiger partial charge in [0.15, 0.2) is 0 Å². The molecule has 0 radical (unpaired) electrons. The van der Waals surface area contributed by atoms with E-state index in [-0.39, 0.29) is 0 Å². The minimum Gasteiger partial charge on any atom is -0.316 e. The van der Waals surface area contributed by atoms with Gasteiger partial charge < -0.3 is 10.0 Å². The van der Waals surface area contributed by atoms with E-state index in [1.54, 1.807) is 0 Å². The fraction of sp³-hybridized carbons (Fsp3) is 0.0833. The fourth-order valence-electron chi connectivity index (χ4n) is 1.58. The van der Waals surface area contributed by atoms with E-state index in [9.17, 15) is 4.79 Å². The van der Waals surface area contributed by atoms with E-state index in [0.29, 0.717) is 6.29 Å². The number of hydrogen-bond donors (Lipinski definition) is 2. The van der Waals surface area contributed by atoms with Gasteiger partial charge in [-0.1, -0.05) is 36.4 Å². The molecule has 0 aromatic heterocycles. The van der Waals surface area contributed by atoms with Gasteiger partial charge in [-0.05, 0) is 22.4 Å². The first kappa shape index (κ1) is 9.83. The highest BCUT2D eigenvalue weighted by molar-refractivity contribution is 5.83. The van der Waals surface area contributed by atoms with Gasteiger partial charge in [0.25, 0.3) is 0 Å². The first-order valence-electron chi connectivity index (χ1n) is 4.69. The Morgan fingerprint density at radius 1 is 1.13 bits per heavy atom. The normalized spacial score (nSPS) is 12.6. The quantitative estimate of drug-likeness (QED) is 0.590. The number of carbonyl (C=O) groups excluding carboxylic acids is 1. The van der Waals surface area contributed by atoms with Gasteiger partial charge in [0, 0.05) is 0 Å². The molecule has 0 aliphatic heterocycles. The van der Waals surface area contributed by atoms with Crippen molar-refractivity contribution in [3.8, 4) is 0 Å². The molecule has 2 aromatic rings. The Kier molecular flexibility index (Phi) is 2.76. The number of fused-ring (bicyclic) bond motifs is 1. The Morgan fingerprint density at radius 2 is 1.87 bits per heavy atom. The van der Waals surface area contributed by atoms with Crippen LogP contribution in [0.1, 0.15) is 11.6 Å². The maximum Gasteiger partial charge on any atom is 0.143 e. The van der Waals surface area contributed by atoms with E-state index in [0.717, 1.165) is 16.3 Å². The monoisotopic (exact) mass is 201 g/mol. The molecular formula is C12H11NO2. The predicted molar refractivity (Wildman–Crippen MR) is 57.7 cm³/mol. The van der Waals surface area contributed by atoms with Crippen molar-refractivity contribution in [1.82, 2.24) is 5.48 Å². The molecule has 0 aliphatic carbocycles. The van der Waals surface area contributed by atoms with Crippen molar-refractivity contribution in [2.45, 2.75) is 6.04 Å². The Balaban J connectivity index is 2.50. The maximum absolute atomic E-state index is 10.7. The second-order valence-electron chi connectivity index (χ2n) is 3.35. The summed E-state index contributed by atoms with van der Waals surface area (Å²) in [5.41, 5.74) is 2.72. The number of rotatable bonds is 3. The highest BCUT2D eigenvalue weighted by Crippen LogP contribution is 2.19. The summed E-state index contributed by atoms with van der Waals surface area (Å²) in [4.78, 5) is 10.7. The van der Waals surface area contributed by atoms with Crippen molar-refractivity contribution in [2.24, 2.45) is 0 Å². The topological polar surface area (TPSA) is 49.3 Å². The Hall–Kier alpha value is -1.71. The van der Waals surface area contributed by atoms with E-state index in [1.807, 2.05) is 47.9 Å². The molecule has 3 heteroatoms. The zero-order valence-electron chi connectivity index (χ0n) is 8.05. The summed E-state index contributed by atoms with van der Waals surface area (Å²) in [5.74, 6) is 0. The SMILES string of the molecule is O=CC(NO)c1ccc2ccccc2c1. The summed E-state index contributed by atoms with van der Waals surface area (Å²) in [6.45, 7) is 0. The molecule has 0 aliphatic rings. The van der Waals surface area contributed by atoms with Crippen LogP contribution >= 0.6 is 0 Å². The average molecular weight is 201 g/mol. The van der Waals surface area contributed by atoms with Crippen LogP contribution < -0.4 is 5.48 Å². The van der Waals surface area contributed by atoms with Crippen LogP contribution in [0.15, 0.2) is 42.5 Å². The Labute approximate surface area is 87.3 Å². The third kappa shape index (κ3) is 1.88. The number of hydroxylamine groups is 1. The molecule has 76 valence electrons. The fourth-order valence-corrected chi connectivity index (χ4v) is 1.58.